The Hall–Kier alpha value is -6.56. The van der Waals surface area contributed by atoms with Crippen molar-refractivity contribution in [3.8, 4) is 0 Å². The van der Waals surface area contributed by atoms with Crippen LogP contribution in [-0.4, -0.2) is 566 Å². The molecule has 0 spiro atoms. The summed E-state index contributed by atoms with van der Waals surface area (Å²) < 4.78 is 10.9. The van der Waals surface area contributed by atoms with Crippen molar-refractivity contribution < 1.29 is 416 Å². The van der Waals surface area contributed by atoms with E-state index in [0.29, 0.717) is 0 Å². The van der Waals surface area contributed by atoms with Gasteiger partial charge in [-0.1, -0.05) is 0 Å². The standard InChI is InChI=1S/3C7H12O9.6C6H12O7.4Fe/c3*8-1-2(9)3(10)4(11)5(6(12)13)16-7(14)15;6*7-1-2(8)3(9)4(10)5(11)6(12)13;;;;/h3*2-5,8-11H,1H2,(H,12,13)(H,14,15);6*2-5,7-11H,1H2,(H,12,13);;;;/q;;;;;;;;;4*+3/p-12/t9*2-,3-,4+,5-;;;;/m111111111..../s1. The van der Waals surface area contributed by atoms with E-state index in [9.17, 15) is 119 Å². The molecule has 0 saturated carbocycles. The quantitative estimate of drug-likeness (QED) is 0.0153. The van der Waals surface area contributed by atoms with Crippen LogP contribution in [0.4, 0.5) is 14.4 Å². The molecule has 73 heteroatoms. The van der Waals surface area contributed by atoms with Crippen molar-refractivity contribution in [3.63, 3.8) is 0 Å². The molecule has 0 bridgehead atoms. The summed E-state index contributed by atoms with van der Waals surface area (Å²) in [5.74, 6) is -18.2. The molecule has 0 aliphatic heterocycles. The minimum Gasteiger partial charge on any atom is -0.548 e. The molecule has 0 aliphatic carbocycles. The van der Waals surface area contributed by atoms with Crippen LogP contribution >= 0.6 is 0 Å². The van der Waals surface area contributed by atoms with Crippen LogP contribution in [0.1, 0.15) is 0 Å². The van der Waals surface area contributed by atoms with Crippen LogP contribution in [0.5, 0.6) is 0 Å². The zero-order chi connectivity index (χ0) is 102. The summed E-state index contributed by atoms with van der Waals surface area (Å²) in [6.45, 7) is -8.09. The fourth-order valence-electron chi connectivity index (χ4n) is 6.60. The van der Waals surface area contributed by atoms with Crippen molar-refractivity contribution in [3.05, 3.63) is 0 Å². The van der Waals surface area contributed by atoms with Crippen LogP contribution in [0.2, 0.25) is 0 Å². The van der Waals surface area contributed by atoms with Gasteiger partial charge in [0.2, 0.25) is 0 Å². The molecule has 69 nitrogen and oxygen atoms in total. The summed E-state index contributed by atoms with van der Waals surface area (Å²) in [5.41, 5.74) is 0. The molecule has 0 aromatic carbocycles. The molecule has 0 unspecified atom stereocenters. The first-order valence-electron chi connectivity index (χ1n) is 32.9. The maximum atomic E-state index is 10.3. The minimum absolute atomic E-state index is 0. The van der Waals surface area contributed by atoms with Gasteiger partial charge in [0.15, 0.2) is 0 Å². The molecular formula is C57H96Fe4O69. The number of aliphatic hydroxyl groups excluding tert-OH is 42. The molecule has 0 heterocycles. The van der Waals surface area contributed by atoms with Crippen LogP contribution < -0.4 is 61.3 Å². The van der Waals surface area contributed by atoms with Crippen LogP contribution in [0.15, 0.2) is 0 Å². The Morgan fingerprint density at radius 2 is 0.238 bits per heavy atom. The second-order valence-electron chi connectivity index (χ2n) is 23.5. The zero-order valence-electron chi connectivity index (χ0n) is 64.4. The average molecular weight is 2110 g/mol. The number of aliphatic hydroxyl groups is 42. The van der Waals surface area contributed by atoms with Crippen LogP contribution in [0.3, 0.4) is 0 Å². The van der Waals surface area contributed by atoms with Crippen LogP contribution in [0, 0.1) is 0 Å². The second kappa shape index (κ2) is 80.9. The van der Waals surface area contributed by atoms with Crippen molar-refractivity contribution in [2.24, 2.45) is 0 Å². The summed E-state index contributed by atoms with van der Waals surface area (Å²) in [7, 11) is 0. The first kappa shape index (κ1) is 152. The summed E-state index contributed by atoms with van der Waals surface area (Å²) >= 11 is 0. The first-order valence-corrected chi connectivity index (χ1v) is 32.9. The predicted octanol–water partition coefficient (Wildman–Crippen LogP) is -45.4. The van der Waals surface area contributed by atoms with E-state index in [1.54, 1.807) is 0 Å². The fourth-order valence-corrected chi connectivity index (χ4v) is 6.60. The SMILES string of the molecule is O=C([O-])O[C@@H](C(=O)[O-])[C@@H](O)[C@H](O)[C@H](O)CO.O=C([O-])O[C@@H](C(=O)[O-])[C@@H](O)[C@H](O)[C@H](O)CO.O=C([O-])O[C@@H](C(=O)[O-])[C@@H](O)[C@H](O)[C@H](O)CO.O=C([O-])[C@H](O)[C@@H](O)[C@H](O)[C@H](O)CO.O=C([O-])[C@H](O)[C@@H](O)[C@H](O)[C@H](O)CO.O=C([O-])[C@H](O)[C@@H](O)[C@H](O)[C@H](O)CO.O=C([O-])[C@H](O)[C@@H](O)[C@H](O)[C@H](O)CO.O=C([O-])[C@H](O)[C@@H](O)[C@H](O)[C@H](O)CO.O=C([O-])[C@H](O)[C@@H](O)[C@H](O)[C@H](O)CO.[Fe+3].[Fe+3].[Fe+3].[Fe+3]. The molecular weight excluding hydrogens is 2010 g/mol. The van der Waals surface area contributed by atoms with E-state index in [2.05, 4.69) is 14.2 Å². The molecule has 0 aromatic rings. The van der Waals surface area contributed by atoms with E-state index >= 15 is 0 Å². The third-order valence-electron chi connectivity index (χ3n) is 14.1. The van der Waals surface area contributed by atoms with Crippen molar-refractivity contribution in [2.45, 2.75) is 220 Å². The Morgan fingerprint density at radius 3 is 0.300 bits per heavy atom. The van der Waals surface area contributed by atoms with E-state index < -0.39 is 351 Å². The average Bonchev–Trinajstić information content (AvgIpc) is 0.867. The van der Waals surface area contributed by atoms with Crippen molar-refractivity contribution in [2.75, 3.05) is 59.5 Å². The number of carbonyl (C=O) groups is 12. The van der Waals surface area contributed by atoms with Crippen LogP contribution in [-0.2, 0) is 126 Å². The molecule has 36 atom stereocenters. The largest absolute Gasteiger partial charge is 3.00 e. The molecule has 4 radical (unpaired) electrons. The number of carboxylic acids is 9. The van der Waals surface area contributed by atoms with Gasteiger partial charge in [0.25, 0.3) is 18.5 Å². The Labute approximate surface area is 764 Å². The summed E-state index contributed by atoms with van der Waals surface area (Å²) in [6, 6.07) is 0. The van der Waals surface area contributed by atoms with Crippen molar-refractivity contribution in [1.29, 1.82) is 0 Å². The Balaban J connectivity index is -0.000000107. The molecule has 0 aliphatic rings. The molecule has 770 valence electrons. The Kier molecular flexibility index (Phi) is 94.4. The minimum atomic E-state index is -2.43. The monoisotopic (exact) mass is 2110 g/mol. The van der Waals surface area contributed by atoms with E-state index in [-0.39, 0.29) is 68.3 Å². The fraction of sp³-hybridized carbons (Fsp3) is 0.789. The smallest absolute Gasteiger partial charge is 0.548 e. The van der Waals surface area contributed by atoms with Crippen molar-refractivity contribution in [1.82, 2.24) is 0 Å². The molecule has 0 saturated heterocycles. The van der Waals surface area contributed by atoms with Crippen molar-refractivity contribution >= 4 is 72.2 Å². The number of aliphatic carboxylic acids is 9. The molecule has 0 amide bonds. The Morgan fingerprint density at radius 1 is 0.154 bits per heavy atom. The van der Waals surface area contributed by atoms with Crippen LogP contribution in [0.25, 0.3) is 0 Å². The van der Waals surface area contributed by atoms with E-state index in [4.69, 9.17) is 214 Å². The normalized spacial score (nSPS) is 19.0. The summed E-state index contributed by atoms with van der Waals surface area (Å²) in [4.78, 5) is 121. The van der Waals surface area contributed by atoms with Gasteiger partial charge in [0, 0.05) is 0 Å². The number of ether oxygens (including phenoxy) is 3. The van der Waals surface area contributed by atoms with E-state index in [1.165, 1.54) is 0 Å². The Bertz CT molecular complexity index is 2600. The molecule has 130 heavy (non-hydrogen) atoms. The molecule has 0 rings (SSSR count). The van der Waals surface area contributed by atoms with Gasteiger partial charge >= 0.3 is 68.3 Å². The van der Waals surface area contributed by atoms with Gasteiger partial charge in [0.1, 0.15) is 220 Å². The summed E-state index contributed by atoms with van der Waals surface area (Å²) in [5, 5.41) is 488. The topological polar surface area (TPSA) is 1360 Å². The number of hydrogen-bond acceptors (Lipinski definition) is 69. The van der Waals surface area contributed by atoms with Gasteiger partial charge in [-0.2, -0.15) is 0 Å². The number of rotatable bonds is 48. The van der Waals surface area contributed by atoms with Gasteiger partial charge in [-0.3, -0.25) is 0 Å². The zero-order valence-corrected chi connectivity index (χ0v) is 68.8. The molecule has 0 aromatic heterocycles. The second-order valence-corrected chi connectivity index (χ2v) is 23.5. The van der Waals surface area contributed by atoms with Gasteiger partial charge in [-0.25, -0.2) is 0 Å². The number of carbonyl (C=O) groups excluding carboxylic acids is 12. The van der Waals surface area contributed by atoms with Gasteiger partial charge in [-0.05, 0) is 0 Å². The third-order valence-corrected chi connectivity index (χ3v) is 14.1. The van der Waals surface area contributed by atoms with E-state index in [1.807, 2.05) is 0 Å². The first-order chi connectivity index (χ1) is 57.4. The third kappa shape index (κ3) is 62.8. The molecule has 0 fully saturated rings. The molecule has 42 N–H and O–H groups in total. The maximum Gasteiger partial charge on any atom is 3.00 e. The predicted molar refractivity (Wildman–Crippen MR) is 338 cm³/mol. The van der Waals surface area contributed by atoms with Gasteiger partial charge in [-0.15, -0.1) is 0 Å². The number of hydrogen-bond donors (Lipinski definition) is 42. The van der Waals surface area contributed by atoms with Gasteiger partial charge < -0.3 is 347 Å². The summed E-state index contributed by atoms with van der Waals surface area (Å²) in [6.07, 6.45) is -81.3. The number of carboxylic acid groups (broad SMARTS) is 12. The maximum absolute atomic E-state index is 10.3. The van der Waals surface area contributed by atoms with Gasteiger partial charge in [0.05, 0.1) is 113 Å². The van der Waals surface area contributed by atoms with E-state index in [0.717, 1.165) is 0 Å².